The lowest BCUT2D eigenvalue weighted by molar-refractivity contribution is 0.389. The highest BCUT2D eigenvalue weighted by Gasteiger charge is 2.31. The van der Waals surface area contributed by atoms with Crippen LogP contribution in [0, 0.1) is 0 Å². The van der Waals surface area contributed by atoms with Crippen molar-refractivity contribution >= 4 is 32.3 Å². The molecule has 1 aliphatic heterocycles. The molecule has 126 valence electrons. The van der Waals surface area contributed by atoms with E-state index in [4.69, 9.17) is 0 Å². The maximum atomic E-state index is 13.0. The van der Waals surface area contributed by atoms with Gasteiger partial charge in [0.15, 0.2) is 0 Å². The predicted molar refractivity (Wildman–Crippen MR) is 97.9 cm³/mol. The Morgan fingerprint density at radius 2 is 1.96 bits per heavy atom. The van der Waals surface area contributed by atoms with E-state index in [2.05, 4.69) is 23.7 Å². The van der Waals surface area contributed by atoms with Crippen molar-refractivity contribution in [2.75, 3.05) is 6.54 Å². The second-order valence-corrected chi connectivity index (χ2v) is 9.50. The number of aromatic nitrogens is 1. The lowest BCUT2D eigenvalue weighted by atomic mass is 10.1. The molecule has 3 heterocycles. The van der Waals surface area contributed by atoms with Crippen LogP contribution in [-0.4, -0.2) is 23.8 Å². The van der Waals surface area contributed by atoms with Gasteiger partial charge in [-0.2, -0.15) is 4.31 Å². The second kappa shape index (κ2) is 5.72. The summed E-state index contributed by atoms with van der Waals surface area (Å²) in [7, 11) is -1.34. The molecule has 0 atom stereocenters. The van der Waals surface area contributed by atoms with Gasteiger partial charge >= 0.3 is 0 Å². The highest BCUT2D eigenvalue weighted by Crippen LogP contribution is 2.33. The molecule has 0 unspecified atom stereocenters. The predicted octanol–water partition coefficient (Wildman–Crippen LogP) is 3.55. The Balaban J connectivity index is 1.75. The minimum absolute atomic E-state index is 0.457. The summed E-state index contributed by atoms with van der Waals surface area (Å²) in [5.41, 5.74) is 3.57. The fourth-order valence-electron chi connectivity index (χ4n) is 3.52. The summed E-state index contributed by atoms with van der Waals surface area (Å²) in [4.78, 5) is 1.11. The first-order valence-corrected chi connectivity index (χ1v) is 10.4. The van der Waals surface area contributed by atoms with Crippen molar-refractivity contribution in [1.29, 1.82) is 0 Å². The summed E-state index contributed by atoms with van der Waals surface area (Å²) in [6, 6.07) is 11.9. The number of hydrogen-bond donors (Lipinski definition) is 0. The third kappa shape index (κ3) is 2.32. The van der Waals surface area contributed by atoms with Crippen LogP contribution < -0.4 is 0 Å². The van der Waals surface area contributed by atoms with Gasteiger partial charge in [-0.15, -0.1) is 11.3 Å². The molecule has 0 radical (unpaired) electrons. The van der Waals surface area contributed by atoms with E-state index in [1.165, 1.54) is 22.5 Å². The Hall–Kier alpha value is -1.63. The Kier molecular flexibility index (Phi) is 3.78. The van der Waals surface area contributed by atoms with Gasteiger partial charge < -0.3 is 4.57 Å². The largest absolute Gasteiger partial charge is 0.347 e. The van der Waals surface area contributed by atoms with Crippen LogP contribution in [-0.2, 0) is 36.5 Å². The van der Waals surface area contributed by atoms with Crippen molar-refractivity contribution in [3.8, 4) is 0 Å². The molecule has 4 rings (SSSR count). The summed E-state index contributed by atoms with van der Waals surface area (Å²) in [5, 5.41) is 1.16. The van der Waals surface area contributed by atoms with E-state index in [0.29, 0.717) is 17.3 Å². The Morgan fingerprint density at radius 3 is 2.71 bits per heavy atom. The molecular formula is C18H20N2O2S2. The highest BCUT2D eigenvalue weighted by molar-refractivity contribution is 7.91. The van der Waals surface area contributed by atoms with E-state index in [9.17, 15) is 8.42 Å². The van der Waals surface area contributed by atoms with Gasteiger partial charge in [-0.25, -0.2) is 8.42 Å². The standard InChI is InChI=1S/C18H20N2O2S2/c1-3-13-8-9-18(23-13)24(21,22)20-11-10-17-15(12-20)14-6-4-5-7-16(14)19(17)2/h4-9H,3,10-12H2,1-2H3. The van der Waals surface area contributed by atoms with Crippen LogP contribution in [0.5, 0.6) is 0 Å². The van der Waals surface area contributed by atoms with Gasteiger partial charge in [-0.05, 0) is 30.2 Å². The van der Waals surface area contributed by atoms with Crippen LogP contribution in [0.3, 0.4) is 0 Å². The summed E-state index contributed by atoms with van der Waals surface area (Å²) >= 11 is 1.39. The molecule has 24 heavy (non-hydrogen) atoms. The van der Waals surface area contributed by atoms with Gasteiger partial charge in [-0.1, -0.05) is 25.1 Å². The van der Waals surface area contributed by atoms with Crippen LogP contribution in [0.1, 0.15) is 23.1 Å². The molecule has 4 nitrogen and oxygen atoms in total. The molecular weight excluding hydrogens is 340 g/mol. The smallest absolute Gasteiger partial charge is 0.252 e. The van der Waals surface area contributed by atoms with E-state index < -0.39 is 10.0 Å². The third-order valence-electron chi connectivity index (χ3n) is 4.86. The fraction of sp³-hybridized carbons (Fsp3) is 0.333. The normalized spacial score (nSPS) is 15.8. The van der Waals surface area contributed by atoms with E-state index in [-0.39, 0.29) is 0 Å². The summed E-state index contributed by atoms with van der Waals surface area (Å²) in [5.74, 6) is 0. The van der Waals surface area contributed by atoms with Crippen LogP contribution >= 0.6 is 11.3 Å². The molecule has 0 fully saturated rings. The molecule has 0 aliphatic carbocycles. The van der Waals surface area contributed by atoms with Crippen LogP contribution in [0.4, 0.5) is 0 Å². The van der Waals surface area contributed by atoms with Crippen molar-refractivity contribution in [2.45, 2.75) is 30.5 Å². The monoisotopic (exact) mass is 360 g/mol. The zero-order chi connectivity index (χ0) is 16.9. The quantitative estimate of drug-likeness (QED) is 0.717. The highest BCUT2D eigenvalue weighted by atomic mass is 32.2. The van der Waals surface area contributed by atoms with Gasteiger partial charge in [0.2, 0.25) is 0 Å². The van der Waals surface area contributed by atoms with Crippen molar-refractivity contribution in [1.82, 2.24) is 8.87 Å². The van der Waals surface area contributed by atoms with Gasteiger partial charge in [0.05, 0.1) is 0 Å². The van der Waals surface area contributed by atoms with Gasteiger partial charge in [0, 0.05) is 48.0 Å². The number of sulfonamides is 1. The number of rotatable bonds is 3. The van der Waals surface area contributed by atoms with E-state index in [0.717, 1.165) is 28.7 Å². The zero-order valence-electron chi connectivity index (χ0n) is 13.8. The Bertz CT molecular complexity index is 1010. The molecule has 0 amide bonds. The third-order valence-corrected chi connectivity index (χ3v) is 8.40. The maximum Gasteiger partial charge on any atom is 0.252 e. The molecule has 6 heteroatoms. The minimum atomic E-state index is -3.41. The number of hydrogen-bond acceptors (Lipinski definition) is 3. The summed E-state index contributed by atoms with van der Waals surface area (Å²) in [6.07, 6.45) is 1.62. The molecule has 0 saturated carbocycles. The van der Waals surface area contributed by atoms with Gasteiger partial charge in [-0.3, -0.25) is 0 Å². The van der Waals surface area contributed by atoms with Crippen molar-refractivity contribution in [3.63, 3.8) is 0 Å². The summed E-state index contributed by atoms with van der Waals surface area (Å²) in [6.45, 7) is 3.04. The Morgan fingerprint density at radius 1 is 1.17 bits per heavy atom. The number of benzene rings is 1. The molecule has 0 saturated heterocycles. The topological polar surface area (TPSA) is 42.3 Å². The first-order valence-electron chi connectivity index (χ1n) is 8.16. The number of para-hydroxylation sites is 1. The van der Waals surface area contributed by atoms with Crippen molar-refractivity contribution < 1.29 is 8.42 Å². The molecule has 0 N–H and O–H groups in total. The van der Waals surface area contributed by atoms with E-state index >= 15 is 0 Å². The number of nitrogens with zero attached hydrogens (tertiary/aromatic N) is 2. The lowest BCUT2D eigenvalue weighted by Crippen LogP contribution is -2.35. The lowest BCUT2D eigenvalue weighted by Gasteiger charge is -2.26. The average Bonchev–Trinajstić information content (AvgIpc) is 3.20. The number of aryl methyl sites for hydroxylation is 2. The molecule has 1 aromatic carbocycles. The minimum Gasteiger partial charge on any atom is -0.347 e. The van der Waals surface area contributed by atoms with Crippen LogP contribution in [0.25, 0.3) is 10.9 Å². The van der Waals surface area contributed by atoms with E-state index in [1.807, 2.05) is 25.1 Å². The SMILES string of the molecule is CCc1ccc(S(=O)(=O)N2CCc3c(c4ccccc4n3C)C2)s1. The summed E-state index contributed by atoms with van der Waals surface area (Å²) < 4.78 is 30.3. The first-order chi connectivity index (χ1) is 11.5. The first kappa shape index (κ1) is 15.9. The molecule has 0 bridgehead atoms. The van der Waals surface area contributed by atoms with Gasteiger partial charge in [0.1, 0.15) is 4.21 Å². The van der Waals surface area contributed by atoms with E-state index in [1.54, 1.807) is 10.4 Å². The van der Waals surface area contributed by atoms with Gasteiger partial charge in [0.25, 0.3) is 10.0 Å². The van der Waals surface area contributed by atoms with Crippen LogP contribution in [0.15, 0.2) is 40.6 Å². The maximum absolute atomic E-state index is 13.0. The average molecular weight is 361 g/mol. The molecule has 0 spiro atoms. The number of thiophene rings is 1. The fourth-order valence-corrected chi connectivity index (χ4v) is 6.38. The zero-order valence-corrected chi connectivity index (χ0v) is 15.5. The molecule has 2 aromatic heterocycles. The molecule has 3 aromatic rings. The van der Waals surface area contributed by atoms with Crippen molar-refractivity contribution in [3.05, 3.63) is 52.5 Å². The van der Waals surface area contributed by atoms with Crippen LogP contribution in [0.2, 0.25) is 0 Å². The number of fused-ring (bicyclic) bond motifs is 3. The second-order valence-electron chi connectivity index (χ2n) is 6.16. The van der Waals surface area contributed by atoms with Crippen molar-refractivity contribution in [2.24, 2.45) is 7.05 Å². The Labute approximate surface area is 146 Å². The molecule has 1 aliphatic rings.